The van der Waals surface area contributed by atoms with Crippen LogP contribution in [0.15, 0.2) is 95.8 Å². The van der Waals surface area contributed by atoms with Gasteiger partial charge in [-0.3, -0.25) is 14.9 Å². The van der Waals surface area contributed by atoms with Gasteiger partial charge in [0.15, 0.2) is 0 Å². The molecule has 1 saturated heterocycles. The minimum Gasteiger partial charge on any atom is -0.506 e. The highest BCUT2D eigenvalue weighted by molar-refractivity contribution is 5.93. The second kappa shape index (κ2) is 16.4. The molecule has 1 atom stereocenters. The number of carbonyl (C=O) groups is 2. The molecule has 12 heteroatoms. The lowest BCUT2D eigenvalue weighted by Crippen LogP contribution is -2.48. The topological polar surface area (TPSA) is 153 Å². The maximum atomic E-state index is 15.0. The van der Waals surface area contributed by atoms with Gasteiger partial charge in [0.05, 0.1) is 44.5 Å². The van der Waals surface area contributed by atoms with E-state index in [2.05, 4.69) is 35.0 Å². The fourth-order valence-electron chi connectivity index (χ4n) is 6.62. The van der Waals surface area contributed by atoms with Crippen molar-refractivity contribution in [3.05, 3.63) is 124 Å². The normalized spacial score (nSPS) is 14.8. The van der Waals surface area contributed by atoms with E-state index in [1.807, 2.05) is 48.5 Å². The molecule has 1 aliphatic rings. The number of likely N-dealkylation sites (tertiary alicyclic amines) is 1. The molecule has 0 radical (unpaired) electrons. The summed E-state index contributed by atoms with van der Waals surface area (Å²) in [5.74, 6) is -0.916. The van der Waals surface area contributed by atoms with Gasteiger partial charge < -0.3 is 35.1 Å². The van der Waals surface area contributed by atoms with E-state index in [0.29, 0.717) is 34.3 Å². The van der Waals surface area contributed by atoms with Crippen LogP contribution in [0.4, 0.5) is 20.6 Å². The number of phenolic OH excluding ortho intramolecular Hbond substituents is 1. The number of fused-ring (bicyclic) bond motifs is 1. The zero-order chi connectivity index (χ0) is 37.5. The fraction of sp³-hybridized carbons (Fsp3) is 0.293. The van der Waals surface area contributed by atoms with Gasteiger partial charge in [-0.2, -0.15) is 0 Å². The Labute approximate surface area is 307 Å². The minimum absolute atomic E-state index is 0.0834. The summed E-state index contributed by atoms with van der Waals surface area (Å²) in [6.07, 6.45) is 0.502. The van der Waals surface area contributed by atoms with Crippen molar-refractivity contribution in [3.63, 3.8) is 0 Å². The highest BCUT2D eigenvalue weighted by atomic mass is 19.1. The Balaban J connectivity index is 1.03. The highest BCUT2D eigenvalue weighted by Crippen LogP contribution is 2.31. The number of aromatic nitrogens is 1. The van der Waals surface area contributed by atoms with E-state index in [0.717, 1.165) is 47.1 Å². The van der Waals surface area contributed by atoms with Gasteiger partial charge in [-0.05, 0) is 53.4 Å². The maximum absolute atomic E-state index is 15.0. The van der Waals surface area contributed by atoms with Crippen molar-refractivity contribution in [2.75, 3.05) is 44.4 Å². The number of quaternary nitrogens is 1. The summed E-state index contributed by atoms with van der Waals surface area (Å²) >= 11 is 0. The first-order valence-corrected chi connectivity index (χ1v) is 17.7. The lowest BCUT2D eigenvalue weighted by atomic mass is 9.99. The van der Waals surface area contributed by atoms with Gasteiger partial charge in [0.1, 0.15) is 17.7 Å². The number of ether oxygens (including phenoxy) is 1. The van der Waals surface area contributed by atoms with Crippen LogP contribution in [0.5, 0.6) is 5.75 Å². The number of piperidine rings is 1. The number of benzene rings is 4. The van der Waals surface area contributed by atoms with Gasteiger partial charge in [-0.1, -0.05) is 54.6 Å². The lowest BCUT2D eigenvalue weighted by Gasteiger charge is -2.36. The molecule has 1 aromatic heterocycles. The molecule has 2 heterocycles. The number of aromatic amines is 1. The zero-order valence-electron chi connectivity index (χ0n) is 29.8. The summed E-state index contributed by atoms with van der Waals surface area (Å²) in [5, 5.41) is 30.1. The number of nitrogens with one attached hydrogen (secondary N) is 4. The van der Waals surface area contributed by atoms with E-state index in [-0.39, 0.29) is 48.3 Å². The predicted molar refractivity (Wildman–Crippen MR) is 203 cm³/mol. The van der Waals surface area contributed by atoms with Gasteiger partial charge in [-0.15, -0.1) is 0 Å². The maximum Gasteiger partial charge on any atom is 0.411 e. The lowest BCUT2D eigenvalue weighted by molar-refractivity contribution is -0.896. The summed E-state index contributed by atoms with van der Waals surface area (Å²) in [7, 11) is 4.35. The number of aliphatic hydroxyl groups is 1. The number of amides is 2. The van der Waals surface area contributed by atoms with E-state index in [1.54, 1.807) is 18.2 Å². The molecule has 11 nitrogen and oxygen atoms in total. The summed E-state index contributed by atoms with van der Waals surface area (Å²) in [4.78, 5) is 40.2. The number of aliphatic hydroxyl groups excluding tert-OH is 1. The van der Waals surface area contributed by atoms with E-state index in [9.17, 15) is 24.6 Å². The summed E-state index contributed by atoms with van der Waals surface area (Å²) < 4.78 is 21.7. The Morgan fingerprint density at radius 2 is 1.74 bits per heavy atom. The zero-order valence-corrected chi connectivity index (χ0v) is 29.8. The van der Waals surface area contributed by atoms with E-state index in [4.69, 9.17) is 4.74 Å². The largest absolute Gasteiger partial charge is 0.506 e. The molecule has 1 aliphatic heterocycles. The Hall–Kier alpha value is -5.56. The quantitative estimate of drug-likeness (QED) is 0.0837. The first-order valence-electron chi connectivity index (χ1n) is 17.7. The number of H-pyrrole nitrogens is 1. The average Bonchev–Trinajstić information content (AvgIpc) is 3.13. The number of aryl methyl sites for hydroxylation is 1. The number of pyridine rings is 1. The molecule has 0 saturated carbocycles. The molecule has 6 N–H and O–H groups in total. The van der Waals surface area contributed by atoms with Crippen LogP contribution < -0.4 is 21.5 Å². The molecule has 5 aromatic rings. The van der Waals surface area contributed by atoms with Crippen molar-refractivity contribution >= 4 is 34.3 Å². The van der Waals surface area contributed by atoms with Crippen LogP contribution in [0.2, 0.25) is 0 Å². The highest BCUT2D eigenvalue weighted by Gasteiger charge is 2.28. The van der Waals surface area contributed by atoms with Crippen molar-refractivity contribution in [1.29, 1.82) is 0 Å². The van der Waals surface area contributed by atoms with E-state index >= 15 is 4.39 Å². The monoisotopic (exact) mass is 722 g/mol. The van der Waals surface area contributed by atoms with Gasteiger partial charge in [0.2, 0.25) is 11.5 Å². The molecule has 0 spiro atoms. The van der Waals surface area contributed by atoms with Crippen molar-refractivity contribution in [2.45, 2.75) is 44.4 Å². The SMILES string of the molecule is C[N+]1(C)CCC(OC(=O)Nc2cc(CCC(=O)Nc3ccc(CNC[C@H](O)c4ccc(O)c5[nH]c(=O)ccc45)c(F)c3)ccc2-c2ccccc2)CC1. The Bertz CT molecular complexity index is 2140. The third kappa shape index (κ3) is 9.66. The molecular weight excluding hydrogens is 677 g/mol. The molecule has 0 aliphatic carbocycles. The Morgan fingerprint density at radius 3 is 2.49 bits per heavy atom. The minimum atomic E-state index is -0.991. The molecule has 4 aromatic carbocycles. The molecule has 0 unspecified atom stereocenters. The Morgan fingerprint density at radius 1 is 0.962 bits per heavy atom. The van der Waals surface area contributed by atoms with Crippen LogP contribution in [0.3, 0.4) is 0 Å². The van der Waals surface area contributed by atoms with E-state index < -0.39 is 18.0 Å². The molecule has 6 rings (SSSR count). The number of rotatable bonds is 12. The van der Waals surface area contributed by atoms with Crippen LogP contribution in [-0.4, -0.2) is 71.5 Å². The summed E-state index contributed by atoms with van der Waals surface area (Å²) in [6.45, 7) is 2.08. The number of hydrogen-bond donors (Lipinski definition) is 6. The second-order valence-corrected chi connectivity index (χ2v) is 14.1. The average molecular weight is 723 g/mol. The number of phenols is 1. The van der Waals surface area contributed by atoms with Crippen LogP contribution >= 0.6 is 0 Å². The van der Waals surface area contributed by atoms with Gasteiger partial charge in [-0.25, -0.2) is 9.18 Å². The van der Waals surface area contributed by atoms with Crippen LogP contribution in [0.25, 0.3) is 22.0 Å². The van der Waals surface area contributed by atoms with Crippen molar-refractivity contribution < 1.29 is 33.4 Å². The molecule has 276 valence electrons. The summed E-state index contributed by atoms with van der Waals surface area (Å²) in [5.41, 5.74) is 4.23. The predicted octanol–water partition coefficient (Wildman–Crippen LogP) is 6.22. The number of aromatic hydroxyl groups is 1. The smallest absolute Gasteiger partial charge is 0.411 e. The second-order valence-electron chi connectivity index (χ2n) is 14.1. The van der Waals surface area contributed by atoms with Gasteiger partial charge >= 0.3 is 6.09 Å². The molecule has 53 heavy (non-hydrogen) atoms. The number of carbonyl (C=O) groups excluding carboxylic acids is 2. The first kappa shape index (κ1) is 37.2. The number of hydrogen-bond acceptors (Lipinski definition) is 7. The third-order valence-electron chi connectivity index (χ3n) is 9.69. The van der Waals surface area contributed by atoms with Crippen LogP contribution in [0, 0.1) is 5.82 Å². The fourth-order valence-corrected chi connectivity index (χ4v) is 6.62. The Kier molecular flexibility index (Phi) is 11.5. The number of anilines is 2. The summed E-state index contributed by atoms with van der Waals surface area (Å²) in [6, 6.07) is 25.7. The van der Waals surface area contributed by atoms with Crippen LogP contribution in [-0.2, 0) is 22.5 Å². The van der Waals surface area contributed by atoms with Crippen LogP contribution in [0.1, 0.15) is 42.1 Å². The molecule has 1 fully saturated rings. The van der Waals surface area contributed by atoms with Gasteiger partial charge in [0.25, 0.3) is 0 Å². The van der Waals surface area contributed by atoms with E-state index in [1.165, 1.54) is 24.3 Å². The number of halogens is 1. The molecule has 2 amide bonds. The third-order valence-corrected chi connectivity index (χ3v) is 9.69. The molecular formula is C41H45FN5O6+. The molecule has 0 bridgehead atoms. The van der Waals surface area contributed by atoms with Crippen molar-refractivity contribution in [2.24, 2.45) is 0 Å². The standard InChI is InChI=1S/C41H44FN5O6/c1-47(2)20-18-30(19-21-47)53-41(52)45-35-22-26(8-12-31(35)27-6-4-3-5-7-27)9-16-38(50)44-29-11-10-28(34(42)23-29)24-43-25-37(49)32-13-15-36(48)40-33(32)14-17-39(51)46-40/h3-8,10-15,17,22-23,30,37,43,49H,9,16,18-21,24-25H2,1-2H3,(H3-,44,45,46,48,50,51,52)/p+1/t37-/m0/s1. The van der Waals surface area contributed by atoms with Crippen molar-refractivity contribution in [1.82, 2.24) is 10.3 Å². The van der Waals surface area contributed by atoms with Crippen molar-refractivity contribution in [3.8, 4) is 16.9 Å². The number of nitrogens with zero attached hydrogens (tertiary/aromatic N) is 1. The first-order chi connectivity index (χ1) is 25.4. The van der Waals surface area contributed by atoms with Gasteiger partial charge in [0, 0.05) is 60.6 Å².